The smallest absolute Gasteiger partial charge is 0.335 e. The molecule has 8 aliphatic carbocycles. The average Bonchev–Trinajstić information content (AvgIpc) is 0.747. The van der Waals surface area contributed by atoms with Crippen LogP contribution in [0, 0.1) is 43.5 Å². The summed E-state index contributed by atoms with van der Waals surface area (Å²) in [6.45, 7) is 0. The number of hydrogen-bond acceptors (Lipinski definition) is 12. The van der Waals surface area contributed by atoms with Crippen molar-refractivity contribution in [3.63, 3.8) is 0 Å². The van der Waals surface area contributed by atoms with Crippen LogP contribution in [0.3, 0.4) is 0 Å². The number of fused-ring (bicyclic) bond motifs is 4. The highest BCUT2D eigenvalue weighted by molar-refractivity contribution is 6.31. The lowest BCUT2D eigenvalue weighted by atomic mass is 9.63. The largest absolute Gasteiger partial charge is 0.481 e. The van der Waals surface area contributed by atoms with Crippen LogP contribution >= 0.6 is 23.2 Å². The van der Waals surface area contributed by atoms with E-state index in [1.807, 2.05) is 48.5 Å². The van der Waals surface area contributed by atoms with Crippen molar-refractivity contribution in [2.45, 2.75) is 149 Å². The zero-order chi connectivity index (χ0) is 82.4. The number of nitrogens with one attached hydrogen (secondary N) is 4. The highest BCUT2D eigenvalue weighted by Gasteiger charge is 2.50. The summed E-state index contributed by atoms with van der Waals surface area (Å²) in [7, 11) is 0. The Morgan fingerprint density at radius 3 is 1.07 bits per heavy atom. The summed E-state index contributed by atoms with van der Waals surface area (Å²) in [6, 6.07) is 58.9. The van der Waals surface area contributed by atoms with Gasteiger partial charge in [0.2, 0.25) is 17.7 Å². The molecule has 20 nitrogen and oxygen atoms in total. The van der Waals surface area contributed by atoms with E-state index in [-0.39, 0.29) is 88.0 Å². The van der Waals surface area contributed by atoms with Crippen LogP contribution in [0.1, 0.15) is 189 Å². The molecule has 0 radical (unpaired) electrons. The predicted octanol–water partition coefficient (Wildman–Crippen LogP) is 17.9. The van der Waals surface area contributed by atoms with Gasteiger partial charge in [-0.1, -0.05) is 134 Å². The summed E-state index contributed by atoms with van der Waals surface area (Å²) in [6.07, 6.45) is 12.8. The van der Waals surface area contributed by atoms with E-state index in [0.717, 1.165) is 126 Å². The number of anilines is 2. The molecule has 4 amide bonds. The van der Waals surface area contributed by atoms with Crippen molar-refractivity contribution in [1.82, 2.24) is 16.0 Å². The Bertz CT molecular complexity index is 5430. The van der Waals surface area contributed by atoms with E-state index in [9.17, 15) is 71.7 Å². The number of carbonyl (C=O) groups excluding carboxylic acids is 4. The highest BCUT2D eigenvalue weighted by atomic mass is 35.5. The number of carboxylic acids is 2. The summed E-state index contributed by atoms with van der Waals surface area (Å²) in [4.78, 5) is 93.3. The lowest BCUT2D eigenvalue weighted by Gasteiger charge is -2.43. The van der Waals surface area contributed by atoms with Crippen molar-refractivity contribution in [3.8, 4) is 0 Å². The third-order valence-corrected chi connectivity index (χ3v) is 24.2. The number of carbonyl (C=O) groups is 6. The number of benzene rings is 10. The van der Waals surface area contributed by atoms with Gasteiger partial charge in [0.15, 0.2) is 0 Å². The SMILES string of the molecule is NC1Cc2ccc(F)cc21.Nc1ccc(C2(C(=O)NC3Cc4cc(F)ccc43)CCC2)cc1.O=C(NC1Cc2cc(F)ccc21)C1(c2ccc([N+](=O)[O-])cc2)CCC1.O=C(Nc1ccc(C2(C(=O)NC3Cc4cc(F)ccc43)CCC2)cc1)c1cccc(Cl)c1.O=C(O)C1(c2ccc([N+](=O)[O-])cc2)CCC1.O=C(O)c1cccc(Cl)c1. The summed E-state index contributed by atoms with van der Waals surface area (Å²) in [5, 5.41) is 52.1. The number of hydrogen-bond donors (Lipinski definition) is 8. The number of halogens is 6. The lowest BCUT2D eigenvalue weighted by Crippen LogP contribution is -2.51. The van der Waals surface area contributed by atoms with Gasteiger partial charge >= 0.3 is 11.9 Å². The van der Waals surface area contributed by atoms with Crippen molar-refractivity contribution >= 4 is 81.5 Å². The van der Waals surface area contributed by atoms with Crippen LogP contribution in [-0.4, -0.2) is 55.6 Å². The molecule has 0 aromatic heterocycles. The third-order valence-electron chi connectivity index (χ3n) is 23.7. The first-order valence-electron chi connectivity index (χ1n) is 38.1. The number of aliphatic carboxylic acids is 1. The summed E-state index contributed by atoms with van der Waals surface area (Å²) >= 11 is 11.5. The molecule has 8 aliphatic rings. The number of nitrogen functional groups attached to an aromatic ring is 1. The van der Waals surface area contributed by atoms with Gasteiger partial charge in [0, 0.05) is 57.3 Å². The minimum Gasteiger partial charge on any atom is -0.481 e. The van der Waals surface area contributed by atoms with Crippen molar-refractivity contribution in [2.24, 2.45) is 5.73 Å². The first-order chi connectivity index (χ1) is 55.5. The van der Waals surface area contributed by atoms with Gasteiger partial charge < -0.3 is 42.9 Å². The van der Waals surface area contributed by atoms with E-state index >= 15 is 0 Å². The molecular formula is C90H82Cl2F4N8O12. The maximum Gasteiger partial charge on any atom is 0.335 e. The quantitative estimate of drug-likeness (QED) is 0.0193. The van der Waals surface area contributed by atoms with Gasteiger partial charge in [-0.05, 0) is 253 Å². The molecule has 116 heavy (non-hydrogen) atoms. The number of non-ortho nitro benzene ring substituents is 2. The fourth-order valence-electron chi connectivity index (χ4n) is 16.1. The van der Waals surface area contributed by atoms with Gasteiger partial charge in [-0.25, -0.2) is 22.4 Å². The molecule has 18 rings (SSSR count). The van der Waals surface area contributed by atoms with Crippen LogP contribution in [0.25, 0.3) is 0 Å². The molecule has 4 unspecified atom stereocenters. The number of aromatic carboxylic acids is 1. The molecule has 4 fully saturated rings. The second-order valence-corrected chi connectivity index (χ2v) is 31.4. The number of amides is 4. The van der Waals surface area contributed by atoms with Crippen molar-refractivity contribution in [1.29, 1.82) is 0 Å². The predicted molar refractivity (Wildman–Crippen MR) is 431 cm³/mol. The van der Waals surface area contributed by atoms with E-state index in [0.29, 0.717) is 64.7 Å². The zero-order valence-corrected chi connectivity index (χ0v) is 64.2. The first kappa shape index (κ1) is 81.9. The molecule has 0 heterocycles. The molecule has 596 valence electrons. The second-order valence-electron chi connectivity index (χ2n) is 30.5. The van der Waals surface area contributed by atoms with Crippen LogP contribution in [-0.2, 0) is 66.5 Å². The molecule has 0 bridgehead atoms. The Balaban J connectivity index is 0.000000127. The van der Waals surface area contributed by atoms with Crippen LogP contribution in [0.5, 0.6) is 0 Å². The Labute approximate surface area is 675 Å². The van der Waals surface area contributed by atoms with E-state index in [1.165, 1.54) is 84.4 Å². The Morgan fingerprint density at radius 2 is 0.750 bits per heavy atom. The number of carboxylic acid groups (broad SMARTS) is 2. The van der Waals surface area contributed by atoms with Gasteiger partial charge in [0.25, 0.3) is 17.3 Å². The molecule has 0 aliphatic heterocycles. The Morgan fingerprint density at radius 1 is 0.405 bits per heavy atom. The standard InChI is InChI=1S/C26H22ClFN2O2.C19H17FN2O3.C19H19FN2O.C11H11NO4.C8H8FN.C7H5ClO2/c27-19-4-1-3-16(13-19)24(31)29-21-8-5-18(6-9-21)26(11-2-12-26)25(32)30-23-15-17-14-20(28)7-10-22(17)23;20-14-4-7-16-12(10-14)11-17(16)21-18(23)19(8-1-9-19)13-2-5-15(6-3-13)22(24)25;20-14-4-7-16-12(10-14)11-17(16)22-18(23)19(8-1-9-19)13-2-5-15(21)6-3-13;13-10(14)11(6-1-7-11)8-2-4-9(5-3-8)12(15)16;9-6-2-1-5-3-8(10)7(5)4-6;8-6-3-1-2-5(4-6)7(9)10/h1,3-10,13-14,23H,2,11-12,15H2,(H,29,31)(H,30,32);2-7,10,17H,1,8-9,11H2,(H,21,23);2-7,10,17H,1,8-9,11,21H2,(H,22,23);2-5H,1,6-7H2,(H,13,14);1-2,4,8H,3,10H2;1-4H,(H,9,10). The maximum atomic E-state index is 13.4. The summed E-state index contributed by atoms with van der Waals surface area (Å²) < 4.78 is 52.2. The van der Waals surface area contributed by atoms with Gasteiger partial charge in [-0.15, -0.1) is 0 Å². The van der Waals surface area contributed by atoms with E-state index in [1.54, 1.807) is 91.0 Å². The molecular weight excluding hydrogens is 1530 g/mol. The monoisotopic (exact) mass is 1610 g/mol. The lowest BCUT2D eigenvalue weighted by molar-refractivity contribution is -0.385. The normalized spacial score (nSPS) is 18.5. The Hall–Kier alpha value is -12.1. The Kier molecular flexibility index (Phi) is 24.4. The van der Waals surface area contributed by atoms with Gasteiger partial charge in [-0.3, -0.25) is 44.2 Å². The number of nitrogens with zero attached hydrogens (tertiary/aromatic N) is 2. The molecule has 10 aromatic rings. The van der Waals surface area contributed by atoms with Crippen LogP contribution in [0.15, 0.2) is 218 Å². The molecule has 4 saturated carbocycles. The minimum atomic E-state index is -0.956. The van der Waals surface area contributed by atoms with E-state index in [2.05, 4.69) is 21.3 Å². The molecule has 0 saturated heterocycles. The number of nitro benzene ring substituents is 2. The molecule has 10 aromatic carbocycles. The molecule has 10 N–H and O–H groups in total. The van der Waals surface area contributed by atoms with Gasteiger partial charge in [0.05, 0.1) is 55.2 Å². The van der Waals surface area contributed by atoms with Gasteiger partial charge in [0.1, 0.15) is 23.3 Å². The molecule has 26 heteroatoms. The van der Waals surface area contributed by atoms with Crippen LogP contribution in [0.2, 0.25) is 10.0 Å². The summed E-state index contributed by atoms with van der Waals surface area (Å²) in [5.41, 5.74) is 22.5. The average molecular weight is 1610 g/mol. The molecule has 0 spiro atoms. The van der Waals surface area contributed by atoms with Crippen LogP contribution < -0.4 is 32.7 Å². The van der Waals surface area contributed by atoms with E-state index in [4.69, 9.17) is 39.8 Å². The third kappa shape index (κ3) is 17.4. The van der Waals surface area contributed by atoms with E-state index < -0.39 is 43.4 Å². The summed E-state index contributed by atoms with van der Waals surface area (Å²) in [5.74, 6) is -2.90. The molecule has 4 atom stereocenters. The second kappa shape index (κ2) is 34.5. The first-order valence-corrected chi connectivity index (χ1v) is 38.9. The van der Waals surface area contributed by atoms with Crippen molar-refractivity contribution in [3.05, 3.63) is 350 Å². The highest BCUT2D eigenvalue weighted by Crippen LogP contribution is 2.50. The fourth-order valence-corrected chi connectivity index (χ4v) is 16.5. The van der Waals surface area contributed by atoms with Gasteiger partial charge in [-0.2, -0.15) is 0 Å². The van der Waals surface area contributed by atoms with Crippen LogP contribution in [0.4, 0.5) is 40.3 Å². The van der Waals surface area contributed by atoms with Crippen molar-refractivity contribution in [2.75, 3.05) is 11.1 Å². The topological polar surface area (TPSA) is 329 Å². The number of rotatable bonds is 16. The minimum absolute atomic E-state index is 0.00403. The zero-order valence-electron chi connectivity index (χ0n) is 62.7. The van der Waals surface area contributed by atoms with Crippen molar-refractivity contribution < 1.29 is 66.4 Å². The number of nitro groups is 2. The fraction of sp³-hybridized carbons (Fsp3) is 0.267. The number of nitrogens with two attached hydrogens (primary N) is 2. The maximum absolute atomic E-state index is 13.4.